The quantitative estimate of drug-likeness (QED) is 0.385. The molecule has 0 aliphatic rings. The number of carbonyl (C=O) groups excluding carboxylic acids is 1. The van der Waals surface area contributed by atoms with E-state index in [1.165, 1.54) is 23.0 Å². The van der Waals surface area contributed by atoms with Gasteiger partial charge in [-0.25, -0.2) is 22.9 Å². The Morgan fingerprint density at radius 1 is 0.914 bits per heavy atom. The largest absolute Gasteiger partial charge is 0.478 e. The number of hydrogen-bond acceptors (Lipinski definition) is 7. The predicted molar refractivity (Wildman–Crippen MR) is 129 cm³/mol. The van der Waals surface area contributed by atoms with Crippen molar-refractivity contribution in [2.24, 2.45) is 0 Å². The predicted octanol–water partition coefficient (Wildman–Crippen LogP) is 3.02. The number of rotatable bonds is 5. The average Bonchev–Trinajstić information content (AvgIpc) is 3.27. The van der Waals surface area contributed by atoms with Crippen LogP contribution >= 0.6 is 0 Å². The number of nitrogens with one attached hydrogen (secondary N) is 1. The number of carboxylic acids is 1. The van der Waals surface area contributed by atoms with Crippen LogP contribution < -0.4 is 4.72 Å². The van der Waals surface area contributed by atoms with E-state index in [0.717, 1.165) is 11.9 Å². The molecule has 2 N–H and O–H groups in total. The van der Waals surface area contributed by atoms with Gasteiger partial charge >= 0.3 is 5.97 Å². The van der Waals surface area contributed by atoms with Gasteiger partial charge in [0.15, 0.2) is 0 Å². The summed E-state index contributed by atoms with van der Waals surface area (Å²) in [5.74, 6) is -1.91. The number of hydrogen-bond donors (Lipinski definition) is 2. The zero-order valence-electron chi connectivity index (χ0n) is 18.2. The van der Waals surface area contributed by atoms with Gasteiger partial charge in [-0.05, 0) is 42.5 Å². The third-order valence-corrected chi connectivity index (χ3v) is 5.82. The molecule has 0 atom stereocenters. The van der Waals surface area contributed by atoms with Gasteiger partial charge in [0.05, 0.1) is 28.7 Å². The summed E-state index contributed by atoms with van der Waals surface area (Å²) in [5.41, 5.74) is 3.17. The molecule has 0 fully saturated rings. The van der Waals surface area contributed by atoms with E-state index in [4.69, 9.17) is 0 Å². The van der Waals surface area contributed by atoms with Crippen LogP contribution in [0.15, 0.2) is 72.8 Å². The molecule has 3 aromatic carbocycles. The van der Waals surface area contributed by atoms with Gasteiger partial charge < -0.3 is 5.11 Å². The van der Waals surface area contributed by atoms with E-state index in [1.54, 1.807) is 24.3 Å². The number of amides is 1. The number of nitrogens with zero attached hydrogens (tertiary/aromatic N) is 4. The Kier molecular flexibility index (Phi) is 5.25. The van der Waals surface area contributed by atoms with Gasteiger partial charge in [-0.15, -0.1) is 10.2 Å². The summed E-state index contributed by atoms with van der Waals surface area (Å²) in [6, 6.07) is 20.2. The molecule has 10 nitrogen and oxygen atoms in total. The van der Waals surface area contributed by atoms with E-state index in [2.05, 4.69) is 15.2 Å². The molecule has 1 amide bonds. The van der Waals surface area contributed by atoms with E-state index in [0.29, 0.717) is 33.2 Å². The molecule has 174 valence electrons. The third kappa shape index (κ3) is 4.32. The number of benzene rings is 3. The highest BCUT2D eigenvalue weighted by molar-refractivity contribution is 7.89. The maximum absolute atomic E-state index is 12.2. The first-order valence-electron chi connectivity index (χ1n) is 10.3. The average molecular weight is 487 g/mol. The van der Waals surface area contributed by atoms with Crippen LogP contribution in [0, 0.1) is 0 Å². The summed E-state index contributed by atoms with van der Waals surface area (Å²) in [4.78, 5) is 30.3. The van der Waals surface area contributed by atoms with Crippen LogP contribution in [0.2, 0.25) is 0 Å². The Morgan fingerprint density at radius 3 is 2.26 bits per heavy atom. The molecule has 0 unspecified atom stereocenters. The number of fused-ring (bicyclic) bond motifs is 3. The normalized spacial score (nSPS) is 11.6. The van der Waals surface area contributed by atoms with E-state index < -0.39 is 21.9 Å². The van der Waals surface area contributed by atoms with E-state index >= 15 is 0 Å². The number of carboxylic acid groups (broad SMARTS) is 1. The third-order valence-electron chi connectivity index (χ3n) is 5.26. The first-order valence-corrected chi connectivity index (χ1v) is 12.2. The van der Waals surface area contributed by atoms with E-state index in [-0.39, 0.29) is 11.1 Å². The van der Waals surface area contributed by atoms with Gasteiger partial charge in [0.1, 0.15) is 11.0 Å². The van der Waals surface area contributed by atoms with Crippen LogP contribution in [-0.4, -0.2) is 51.6 Å². The van der Waals surface area contributed by atoms with Crippen molar-refractivity contribution in [3.63, 3.8) is 0 Å². The molecule has 0 spiro atoms. The molecule has 0 saturated carbocycles. The second kappa shape index (κ2) is 8.29. The highest BCUT2D eigenvalue weighted by atomic mass is 32.2. The lowest BCUT2D eigenvalue weighted by molar-refractivity contribution is 0.0698. The van der Waals surface area contributed by atoms with Crippen LogP contribution in [0.5, 0.6) is 0 Å². The van der Waals surface area contributed by atoms with Crippen molar-refractivity contribution < 1.29 is 23.1 Å². The molecule has 5 rings (SSSR count). The Hall–Kier alpha value is -4.64. The Balaban J connectivity index is 1.61. The topological polar surface area (TPSA) is 144 Å². The lowest BCUT2D eigenvalue weighted by atomic mass is 10.0. The molecule has 0 aliphatic heterocycles. The smallest absolute Gasteiger partial charge is 0.336 e. The van der Waals surface area contributed by atoms with Crippen LogP contribution in [0.4, 0.5) is 0 Å². The zero-order valence-corrected chi connectivity index (χ0v) is 19.0. The van der Waals surface area contributed by atoms with Crippen molar-refractivity contribution in [3.05, 3.63) is 83.9 Å². The molecule has 35 heavy (non-hydrogen) atoms. The molecule has 0 radical (unpaired) electrons. The highest BCUT2D eigenvalue weighted by Gasteiger charge is 2.19. The number of sulfonamides is 1. The number of aromatic nitrogens is 4. The second-order valence-corrected chi connectivity index (χ2v) is 9.54. The summed E-state index contributed by atoms with van der Waals surface area (Å²) < 4.78 is 24.5. The van der Waals surface area contributed by atoms with Crippen LogP contribution in [0.3, 0.4) is 0 Å². The molecule has 2 aromatic heterocycles. The first-order chi connectivity index (χ1) is 16.7. The molecular formula is C24H17N5O5S. The van der Waals surface area contributed by atoms with Crippen LogP contribution in [0.25, 0.3) is 38.9 Å². The molecule has 0 bridgehead atoms. The standard InChI is InChI=1S/C24H17N5O5S/c1-35(33,34)28-23(30)15-9-7-14(8-10-15)20-13-17(24(31)32)21-18(25-20)11-12-19-22(21)27-29(26-19)16-5-3-2-4-6-16/h2-13H,1H3,(H,28,30)(H,31,32). The minimum atomic E-state index is -3.70. The summed E-state index contributed by atoms with van der Waals surface area (Å²) in [6.07, 6.45) is 0.890. The van der Waals surface area contributed by atoms with Crippen molar-refractivity contribution in [2.45, 2.75) is 0 Å². The van der Waals surface area contributed by atoms with Gasteiger partial charge in [0, 0.05) is 16.5 Å². The maximum atomic E-state index is 12.2. The number of carbonyl (C=O) groups is 2. The van der Waals surface area contributed by atoms with Gasteiger partial charge in [0.25, 0.3) is 5.91 Å². The summed E-state index contributed by atoms with van der Waals surface area (Å²) in [7, 11) is -3.70. The minimum absolute atomic E-state index is 0.00890. The van der Waals surface area contributed by atoms with Crippen molar-refractivity contribution in [2.75, 3.05) is 6.26 Å². The summed E-state index contributed by atoms with van der Waals surface area (Å²) >= 11 is 0. The summed E-state index contributed by atoms with van der Waals surface area (Å²) in [6.45, 7) is 0. The van der Waals surface area contributed by atoms with Crippen molar-refractivity contribution in [1.82, 2.24) is 24.7 Å². The molecule has 0 saturated heterocycles. The fourth-order valence-corrected chi connectivity index (χ4v) is 4.17. The minimum Gasteiger partial charge on any atom is -0.478 e. The highest BCUT2D eigenvalue weighted by Crippen LogP contribution is 2.30. The second-order valence-electron chi connectivity index (χ2n) is 7.79. The maximum Gasteiger partial charge on any atom is 0.336 e. The molecular weight excluding hydrogens is 470 g/mol. The van der Waals surface area contributed by atoms with Gasteiger partial charge in [0.2, 0.25) is 10.0 Å². The lowest BCUT2D eigenvalue weighted by Gasteiger charge is -2.08. The van der Waals surface area contributed by atoms with E-state index in [9.17, 15) is 23.1 Å². The van der Waals surface area contributed by atoms with Crippen LogP contribution in [-0.2, 0) is 10.0 Å². The first kappa shape index (κ1) is 22.2. The lowest BCUT2D eigenvalue weighted by Crippen LogP contribution is -2.29. The van der Waals surface area contributed by atoms with Crippen molar-refractivity contribution in [3.8, 4) is 16.9 Å². The Bertz CT molecular complexity index is 1730. The number of pyridine rings is 1. The van der Waals surface area contributed by atoms with Crippen molar-refractivity contribution in [1.29, 1.82) is 0 Å². The van der Waals surface area contributed by atoms with Gasteiger partial charge in [-0.2, -0.15) is 4.80 Å². The fourth-order valence-electron chi connectivity index (χ4n) is 3.71. The zero-order chi connectivity index (χ0) is 24.7. The number of para-hydroxylation sites is 1. The SMILES string of the molecule is CS(=O)(=O)NC(=O)c1ccc(-c2cc(C(=O)O)c3c(ccc4nn(-c5ccccc5)nc43)n2)cc1. The monoisotopic (exact) mass is 487 g/mol. The van der Waals surface area contributed by atoms with E-state index in [1.807, 2.05) is 35.1 Å². The fraction of sp³-hybridized carbons (Fsp3) is 0.0417. The Labute approximate surface area is 198 Å². The molecule has 11 heteroatoms. The molecule has 0 aliphatic carbocycles. The van der Waals surface area contributed by atoms with Crippen LogP contribution in [0.1, 0.15) is 20.7 Å². The van der Waals surface area contributed by atoms with Gasteiger partial charge in [-0.3, -0.25) is 4.79 Å². The Morgan fingerprint density at radius 2 is 1.60 bits per heavy atom. The molecule has 5 aromatic rings. The summed E-state index contributed by atoms with van der Waals surface area (Å²) in [5, 5.41) is 19.3. The van der Waals surface area contributed by atoms with Crippen molar-refractivity contribution >= 4 is 43.8 Å². The number of aromatic carboxylic acids is 1. The molecule has 2 heterocycles. The van der Waals surface area contributed by atoms with Gasteiger partial charge in [-0.1, -0.05) is 30.3 Å².